The van der Waals surface area contributed by atoms with Crippen molar-refractivity contribution < 1.29 is 18.3 Å². The minimum Gasteiger partial charge on any atom is -0.506 e. The Kier molecular flexibility index (Phi) is 6.41. The maximum Gasteiger partial charge on any atom is 0.242 e. The van der Waals surface area contributed by atoms with Crippen molar-refractivity contribution in [2.24, 2.45) is 0 Å². The molecule has 1 heterocycles. The molecule has 3 rings (SSSR count). The van der Waals surface area contributed by atoms with Gasteiger partial charge in [-0.15, -0.1) is 0 Å². The van der Waals surface area contributed by atoms with Crippen molar-refractivity contribution in [3.63, 3.8) is 0 Å². The van der Waals surface area contributed by atoms with Crippen LogP contribution in [-0.4, -0.2) is 75.5 Å². The first-order valence-electron chi connectivity index (χ1n) is 9.35. The first kappa shape index (κ1) is 21.1. The number of sulfonamides is 1. The number of hydrogen-bond acceptors (Lipinski definition) is 6. The lowest BCUT2D eigenvalue weighted by atomic mass is 10.2. The van der Waals surface area contributed by atoms with Crippen molar-refractivity contribution in [1.29, 1.82) is 0 Å². The van der Waals surface area contributed by atoms with Crippen molar-refractivity contribution in [1.82, 2.24) is 9.21 Å². The summed E-state index contributed by atoms with van der Waals surface area (Å²) in [5, 5.41) is 12.8. The van der Waals surface area contributed by atoms with Gasteiger partial charge in [-0.25, -0.2) is 12.7 Å². The van der Waals surface area contributed by atoms with Gasteiger partial charge in [-0.05, 0) is 36.4 Å². The van der Waals surface area contributed by atoms with Gasteiger partial charge in [-0.1, -0.05) is 12.1 Å². The molecule has 2 aromatic carbocycles. The van der Waals surface area contributed by atoms with E-state index in [9.17, 15) is 18.3 Å². The highest BCUT2D eigenvalue weighted by Crippen LogP contribution is 2.27. The Bertz CT molecular complexity index is 953. The number of phenols is 1. The number of aromatic hydroxyl groups is 1. The van der Waals surface area contributed by atoms with E-state index in [4.69, 9.17) is 0 Å². The summed E-state index contributed by atoms with van der Waals surface area (Å²) in [5.41, 5.74) is 1.37. The van der Waals surface area contributed by atoms with Crippen LogP contribution in [0.5, 0.6) is 5.75 Å². The van der Waals surface area contributed by atoms with Gasteiger partial charge in [0.1, 0.15) is 5.75 Å². The Morgan fingerprint density at radius 2 is 1.66 bits per heavy atom. The fraction of sp³-hybridized carbons (Fsp3) is 0.350. The van der Waals surface area contributed by atoms with E-state index in [1.807, 2.05) is 12.1 Å². The second-order valence-corrected chi connectivity index (χ2v) is 9.26. The van der Waals surface area contributed by atoms with Gasteiger partial charge < -0.3 is 15.3 Å². The lowest BCUT2D eigenvalue weighted by molar-refractivity contribution is -0.117. The molecule has 0 aliphatic carbocycles. The number of hydrogen-bond donors (Lipinski definition) is 2. The molecule has 29 heavy (non-hydrogen) atoms. The third-order valence-electron chi connectivity index (χ3n) is 4.88. The number of rotatable bonds is 6. The number of carbonyl (C=O) groups is 1. The number of nitrogens with zero attached hydrogens (tertiary/aromatic N) is 3. The third kappa shape index (κ3) is 5.06. The topological polar surface area (TPSA) is 93.2 Å². The highest BCUT2D eigenvalue weighted by molar-refractivity contribution is 7.89. The summed E-state index contributed by atoms with van der Waals surface area (Å²) in [5.74, 6) is 0.114. The summed E-state index contributed by atoms with van der Waals surface area (Å²) in [7, 11) is -0.534. The van der Waals surface area contributed by atoms with Crippen molar-refractivity contribution in [3.8, 4) is 5.75 Å². The Morgan fingerprint density at radius 1 is 1.03 bits per heavy atom. The summed E-state index contributed by atoms with van der Waals surface area (Å²) in [6.07, 6.45) is 0. The van der Waals surface area contributed by atoms with E-state index in [-0.39, 0.29) is 23.1 Å². The SMILES string of the molecule is CN(C)S(=O)(=O)c1ccc(NC(=O)CN2CCN(c3ccccc3O)CC2)cc1. The molecule has 0 aromatic heterocycles. The molecule has 156 valence electrons. The number of piperazine rings is 1. The maximum absolute atomic E-state index is 12.3. The van der Waals surface area contributed by atoms with Crippen LogP contribution < -0.4 is 10.2 Å². The first-order chi connectivity index (χ1) is 13.8. The van der Waals surface area contributed by atoms with Crippen LogP contribution in [0, 0.1) is 0 Å². The smallest absolute Gasteiger partial charge is 0.242 e. The first-order valence-corrected chi connectivity index (χ1v) is 10.8. The molecule has 1 saturated heterocycles. The van der Waals surface area contributed by atoms with Crippen molar-refractivity contribution >= 4 is 27.3 Å². The van der Waals surface area contributed by atoms with Gasteiger partial charge in [0.05, 0.1) is 17.1 Å². The molecule has 2 aromatic rings. The van der Waals surface area contributed by atoms with Crippen LogP contribution in [-0.2, 0) is 14.8 Å². The number of phenolic OH excluding ortho intramolecular Hbond substituents is 1. The Morgan fingerprint density at radius 3 is 2.24 bits per heavy atom. The standard InChI is InChI=1S/C20H26N4O4S/c1-22(2)29(27,28)17-9-7-16(8-10-17)21-20(26)15-23-11-13-24(14-12-23)18-5-3-4-6-19(18)25/h3-10,25H,11-15H2,1-2H3,(H,21,26). The average molecular weight is 419 g/mol. The minimum atomic E-state index is -3.49. The molecule has 0 spiro atoms. The molecule has 0 radical (unpaired) electrons. The predicted octanol–water partition coefficient (Wildman–Crippen LogP) is 1.40. The monoisotopic (exact) mass is 418 g/mol. The Labute approximate surface area is 171 Å². The van der Waals surface area contributed by atoms with Gasteiger partial charge in [0.25, 0.3) is 0 Å². The van der Waals surface area contributed by atoms with Crippen molar-refractivity contribution in [2.75, 3.05) is 57.0 Å². The normalized spacial score (nSPS) is 15.5. The molecule has 1 aliphatic rings. The lowest BCUT2D eigenvalue weighted by Crippen LogP contribution is -2.48. The van der Waals surface area contributed by atoms with Crippen LogP contribution in [0.2, 0.25) is 0 Å². The minimum absolute atomic E-state index is 0.149. The molecule has 2 N–H and O–H groups in total. The van der Waals surface area contributed by atoms with Crippen LogP contribution in [0.1, 0.15) is 0 Å². The molecule has 1 amide bonds. The quantitative estimate of drug-likeness (QED) is 0.737. The molecular weight excluding hydrogens is 392 g/mol. The number of anilines is 2. The molecule has 8 nitrogen and oxygen atoms in total. The summed E-state index contributed by atoms with van der Waals surface area (Å²) in [4.78, 5) is 16.7. The van der Waals surface area contributed by atoms with Crippen LogP contribution >= 0.6 is 0 Å². The van der Waals surface area contributed by atoms with Gasteiger partial charge in [0.2, 0.25) is 15.9 Å². The fourth-order valence-corrected chi connectivity index (χ4v) is 4.10. The fourth-order valence-electron chi connectivity index (χ4n) is 3.20. The largest absolute Gasteiger partial charge is 0.506 e. The summed E-state index contributed by atoms with van der Waals surface area (Å²) in [6.45, 7) is 3.12. The van der Waals surface area contributed by atoms with E-state index < -0.39 is 10.0 Å². The lowest BCUT2D eigenvalue weighted by Gasteiger charge is -2.35. The Hall–Kier alpha value is -2.62. The second kappa shape index (κ2) is 8.81. The van der Waals surface area contributed by atoms with E-state index in [1.54, 1.807) is 24.3 Å². The molecule has 0 atom stereocenters. The number of amides is 1. The van der Waals surface area contributed by atoms with E-state index in [0.29, 0.717) is 18.8 Å². The summed E-state index contributed by atoms with van der Waals surface area (Å²) < 4.78 is 25.3. The summed E-state index contributed by atoms with van der Waals surface area (Å²) in [6, 6.07) is 13.4. The Balaban J connectivity index is 1.51. The van der Waals surface area contributed by atoms with Gasteiger partial charge in [0.15, 0.2) is 0 Å². The average Bonchev–Trinajstić information content (AvgIpc) is 2.69. The number of carbonyl (C=O) groups excluding carboxylic acids is 1. The third-order valence-corrected chi connectivity index (χ3v) is 6.71. The van der Waals surface area contributed by atoms with Gasteiger partial charge in [0, 0.05) is 46.0 Å². The van der Waals surface area contributed by atoms with E-state index in [2.05, 4.69) is 15.1 Å². The maximum atomic E-state index is 12.3. The highest BCUT2D eigenvalue weighted by Gasteiger charge is 2.21. The zero-order valence-electron chi connectivity index (χ0n) is 16.6. The van der Waals surface area contributed by atoms with Crippen LogP contribution in [0.25, 0.3) is 0 Å². The van der Waals surface area contributed by atoms with Crippen LogP contribution in [0.15, 0.2) is 53.4 Å². The van der Waals surface area contributed by atoms with Crippen LogP contribution in [0.4, 0.5) is 11.4 Å². The predicted molar refractivity (Wildman–Crippen MR) is 113 cm³/mol. The molecule has 0 saturated carbocycles. The van der Waals surface area contributed by atoms with E-state index in [0.717, 1.165) is 23.1 Å². The number of nitrogens with one attached hydrogen (secondary N) is 1. The number of benzene rings is 2. The van der Waals surface area contributed by atoms with E-state index in [1.165, 1.54) is 26.2 Å². The second-order valence-electron chi connectivity index (χ2n) is 7.11. The molecule has 1 fully saturated rings. The number of para-hydroxylation sites is 2. The summed E-state index contributed by atoms with van der Waals surface area (Å²) >= 11 is 0. The molecular formula is C20H26N4O4S. The zero-order valence-corrected chi connectivity index (χ0v) is 17.4. The van der Waals surface area contributed by atoms with Crippen molar-refractivity contribution in [2.45, 2.75) is 4.90 Å². The van der Waals surface area contributed by atoms with E-state index >= 15 is 0 Å². The van der Waals surface area contributed by atoms with Gasteiger partial charge in [-0.3, -0.25) is 9.69 Å². The molecule has 9 heteroatoms. The molecule has 1 aliphatic heterocycles. The van der Waals surface area contributed by atoms with Gasteiger partial charge >= 0.3 is 0 Å². The van der Waals surface area contributed by atoms with Crippen molar-refractivity contribution in [3.05, 3.63) is 48.5 Å². The molecule has 0 unspecified atom stereocenters. The van der Waals surface area contributed by atoms with Crippen LogP contribution in [0.3, 0.4) is 0 Å². The highest BCUT2D eigenvalue weighted by atomic mass is 32.2. The zero-order chi connectivity index (χ0) is 21.0. The van der Waals surface area contributed by atoms with Gasteiger partial charge in [-0.2, -0.15) is 0 Å². The molecule has 0 bridgehead atoms.